The summed E-state index contributed by atoms with van der Waals surface area (Å²) in [5.74, 6) is 0.353. The summed E-state index contributed by atoms with van der Waals surface area (Å²) in [5, 5.41) is 0. The van der Waals surface area contributed by atoms with Crippen molar-refractivity contribution in [3.63, 3.8) is 0 Å². The summed E-state index contributed by atoms with van der Waals surface area (Å²) in [6.45, 7) is 2.70. The third kappa shape index (κ3) is 1.98. The molecule has 3 unspecified atom stereocenters. The summed E-state index contributed by atoms with van der Waals surface area (Å²) < 4.78 is 23.2. The van der Waals surface area contributed by atoms with Crippen LogP contribution in [0.15, 0.2) is 0 Å². The zero-order chi connectivity index (χ0) is 13.7. The van der Waals surface area contributed by atoms with Gasteiger partial charge in [-0.05, 0) is 25.2 Å². The highest BCUT2D eigenvalue weighted by Gasteiger charge is 2.57. The van der Waals surface area contributed by atoms with Crippen LogP contribution in [0.5, 0.6) is 0 Å². The second-order valence-corrected chi connectivity index (χ2v) is 6.44. The number of fused-ring (bicyclic) bond motifs is 3. The lowest BCUT2D eigenvalue weighted by Gasteiger charge is -2.40. The Bertz CT molecular complexity index is 411. The number of ether oxygens (including phenoxy) is 4. The molecule has 0 radical (unpaired) electrons. The van der Waals surface area contributed by atoms with Crippen LogP contribution in [0.25, 0.3) is 0 Å². The van der Waals surface area contributed by atoms with Gasteiger partial charge in [0.25, 0.3) is 0 Å². The molecule has 4 fully saturated rings. The van der Waals surface area contributed by atoms with Crippen molar-refractivity contribution in [1.82, 2.24) is 0 Å². The van der Waals surface area contributed by atoms with Crippen molar-refractivity contribution in [2.45, 2.75) is 69.7 Å². The quantitative estimate of drug-likeness (QED) is 0.725. The standard InChI is InChI=1S/C15H22O5/c1-2-17-14-7-10-9-3-5-15(6-4-13(16)20-15)19-12(9)8-11(10)18-14/h9-12,14H,2-8H2,1H3/t9?,10-,11?,12+,14?,15-/m1/s1. The predicted octanol–water partition coefficient (Wildman–Crippen LogP) is 1.99. The largest absolute Gasteiger partial charge is 0.433 e. The first-order chi connectivity index (χ1) is 9.69. The van der Waals surface area contributed by atoms with E-state index >= 15 is 0 Å². The van der Waals surface area contributed by atoms with Crippen molar-refractivity contribution in [3.8, 4) is 0 Å². The van der Waals surface area contributed by atoms with Crippen LogP contribution in [-0.4, -0.2) is 36.9 Å². The fourth-order valence-electron chi connectivity index (χ4n) is 4.50. The fraction of sp³-hybridized carbons (Fsp3) is 0.933. The Hall–Kier alpha value is -0.650. The molecule has 0 aromatic heterocycles. The van der Waals surface area contributed by atoms with Crippen molar-refractivity contribution in [2.24, 2.45) is 11.8 Å². The molecule has 1 aliphatic carbocycles. The minimum atomic E-state index is -0.615. The molecule has 0 bridgehead atoms. The summed E-state index contributed by atoms with van der Waals surface area (Å²) in [5.41, 5.74) is 0. The zero-order valence-electron chi connectivity index (χ0n) is 11.9. The van der Waals surface area contributed by atoms with Crippen LogP contribution in [-0.2, 0) is 23.7 Å². The number of hydrogen-bond donors (Lipinski definition) is 0. The maximum atomic E-state index is 11.4. The molecule has 6 atom stereocenters. The highest BCUT2D eigenvalue weighted by atomic mass is 16.7. The molecule has 5 nitrogen and oxygen atoms in total. The summed E-state index contributed by atoms with van der Waals surface area (Å²) >= 11 is 0. The summed E-state index contributed by atoms with van der Waals surface area (Å²) in [7, 11) is 0. The normalized spacial score (nSPS) is 50.2. The van der Waals surface area contributed by atoms with Gasteiger partial charge in [0, 0.05) is 32.3 Å². The average Bonchev–Trinajstić information content (AvgIpc) is 3.03. The molecule has 5 heteroatoms. The van der Waals surface area contributed by atoms with E-state index in [2.05, 4.69) is 0 Å². The molecule has 0 aromatic carbocycles. The van der Waals surface area contributed by atoms with E-state index in [9.17, 15) is 4.79 Å². The number of carbonyl (C=O) groups excluding carboxylic acids is 1. The topological polar surface area (TPSA) is 54.0 Å². The first kappa shape index (κ1) is 13.0. The summed E-state index contributed by atoms with van der Waals surface area (Å²) in [6.07, 6.45) is 5.43. The molecule has 112 valence electrons. The van der Waals surface area contributed by atoms with Gasteiger partial charge in [0.1, 0.15) is 0 Å². The highest BCUT2D eigenvalue weighted by Crippen LogP contribution is 2.52. The lowest BCUT2D eigenvalue weighted by molar-refractivity contribution is -0.263. The van der Waals surface area contributed by atoms with Gasteiger partial charge in [0.05, 0.1) is 18.6 Å². The minimum Gasteiger partial charge on any atom is -0.433 e. The van der Waals surface area contributed by atoms with Gasteiger partial charge < -0.3 is 18.9 Å². The van der Waals surface area contributed by atoms with Crippen molar-refractivity contribution in [1.29, 1.82) is 0 Å². The smallest absolute Gasteiger partial charge is 0.308 e. The molecular formula is C15H22O5. The van der Waals surface area contributed by atoms with Crippen LogP contribution in [0, 0.1) is 11.8 Å². The minimum absolute atomic E-state index is 0.0313. The molecule has 4 aliphatic rings. The lowest BCUT2D eigenvalue weighted by Crippen LogP contribution is -2.44. The van der Waals surface area contributed by atoms with Crippen molar-refractivity contribution in [2.75, 3.05) is 6.61 Å². The molecule has 20 heavy (non-hydrogen) atoms. The van der Waals surface area contributed by atoms with Gasteiger partial charge in [-0.25, -0.2) is 0 Å². The predicted molar refractivity (Wildman–Crippen MR) is 68.7 cm³/mol. The Morgan fingerprint density at radius 2 is 2.15 bits per heavy atom. The van der Waals surface area contributed by atoms with Gasteiger partial charge in [-0.1, -0.05) is 0 Å². The van der Waals surface area contributed by atoms with E-state index < -0.39 is 5.79 Å². The number of hydrogen-bond acceptors (Lipinski definition) is 5. The van der Waals surface area contributed by atoms with Gasteiger partial charge in [0.2, 0.25) is 5.79 Å². The van der Waals surface area contributed by atoms with E-state index in [1.807, 2.05) is 6.92 Å². The molecule has 4 rings (SSSR count). The maximum Gasteiger partial charge on any atom is 0.308 e. The third-order valence-corrected chi connectivity index (χ3v) is 5.35. The molecule has 3 aliphatic heterocycles. The fourth-order valence-corrected chi connectivity index (χ4v) is 4.50. The van der Waals surface area contributed by atoms with Crippen molar-refractivity contribution >= 4 is 5.97 Å². The molecule has 0 aromatic rings. The highest BCUT2D eigenvalue weighted by molar-refractivity contribution is 5.71. The number of esters is 1. The third-order valence-electron chi connectivity index (χ3n) is 5.35. The molecule has 1 spiro atoms. The first-order valence-corrected chi connectivity index (χ1v) is 7.86. The van der Waals surface area contributed by atoms with Crippen LogP contribution in [0.4, 0.5) is 0 Å². The summed E-state index contributed by atoms with van der Waals surface area (Å²) in [6, 6.07) is 0. The lowest BCUT2D eigenvalue weighted by atomic mass is 9.84. The average molecular weight is 282 g/mol. The first-order valence-electron chi connectivity index (χ1n) is 7.86. The Balaban J connectivity index is 1.43. The molecule has 3 heterocycles. The Labute approximate surface area is 118 Å². The van der Waals surface area contributed by atoms with E-state index in [0.717, 1.165) is 25.7 Å². The van der Waals surface area contributed by atoms with Crippen LogP contribution in [0.3, 0.4) is 0 Å². The van der Waals surface area contributed by atoms with Gasteiger partial charge in [-0.15, -0.1) is 0 Å². The molecule has 0 N–H and O–H groups in total. The second-order valence-electron chi connectivity index (χ2n) is 6.44. The van der Waals surface area contributed by atoms with Crippen LogP contribution < -0.4 is 0 Å². The Morgan fingerprint density at radius 3 is 2.90 bits per heavy atom. The zero-order valence-corrected chi connectivity index (χ0v) is 11.9. The van der Waals surface area contributed by atoms with Crippen LogP contribution in [0.1, 0.15) is 45.4 Å². The van der Waals surface area contributed by atoms with Crippen LogP contribution >= 0.6 is 0 Å². The SMILES string of the molecule is CCOC1C[C@H]2C(C[C@@H]3O[C@]4(CCC(=O)O4)CCC23)O1. The number of carbonyl (C=O) groups is 1. The molecule has 1 saturated carbocycles. The Morgan fingerprint density at radius 1 is 1.25 bits per heavy atom. The van der Waals surface area contributed by atoms with E-state index in [-0.39, 0.29) is 24.5 Å². The van der Waals surface area contributed by atoms with Gasteiger partial charge in [0.15, 0.2) is 6.29 Å². The monoisotopic (exact) mass is 282 g/mol. The molecule has 3 saturated heterocycles. The van der Waals surface area contributed by atoms with E-state index in [0.29, 0.717) is 31.3 Å². The van der Waals surface area contributed by atoms with Gasteiger partial charge >= 0.3 is 5.97 Å². The second kappa shape index (κ2) is 4.68. The van der Waals surface area contributed by atoms with Gasteiger partial charge in [-0.3, -0.25) is 4.79 Å². The van der Waals surface area contributed by atoms with Crippen LogP contribution in [0.2, 0.25) is 0 Å². The van der Waals surface area contributed by atoms with Gasteiger partial charge in [-0.2, -0.15) is 0 Å². The Kier molecular flexibility index (Phi) is 3.05. The van der Waals surface area contributed by atoms with Crippen molar-refractivity contribution < 1.29 is 23.7 Å². The van der Waals surface area contributed by atoms with E-state index in [1.165, 1.54) is 0 Å². The van der Waals surface area contributed by atoms with E-state index in [1.54, 1.807) is 0 Å². The summed E-state index contributed by atoms with van der Waals surface area (Å²) in [4.78, 5) is 11.4. The van der Waals surface area contributed by atoms with Crippen molar-refractivity contribution in [3.05, 3.63) is 0 Å². The molecular weight excluding hydrogens is 260 g/mol. The number of rotatable bonds is 2. The van der Waals surface area contributed by atoms with E-state index in [4.69, 9.17) is 18.9 Å². The maximum absolute atomic E-state index is 11.4. The molecule has 0 amide bonds.